The number of rotatable bonds is 9. The van der Waals surface area contributed by atoms with E-state index in [9.17, 15) is 25.6 Å². The summed E-state index contributed by atoms with van der Waals surface area (Å²) in [6, 6.07) is 19.1. The largest absolute Gasteiger partial charge is 0.454 e. The fraction of sp³-hybridized carbons (Fsp3) is 0.125. The molecule has 0 spiro atoms. The maximum atomic E-state index is 14.7. The van der Waals surface area contributed by atoms with Gasteiger partial charge in [0, 0.05) is 34.6 Å². The fourth-order valence-corrected chi connectivity index (χ4v) is 7.93. The third-order valence-electron chi connectivity index (χ3n) is 7.12. The summed E-state index contributed by atoms with van der Waals surface area (Å²) in [5, 5.41) is 4.12. The number of aromatic nitrogens is 3. The number of ether oxygens (including phenoxy) is 1. The third-order valence-corrected chi connectivity index (χ3v) is 10.3. The van der Waals surface area contributed by atoms with E-state index in [1.807, 2.05) is 0 Å². The maximum Gasteiger partial charge on any atom is 0.267 e. The summed E-state index contributed by atoms with van der Waals surface area (Å²) >= 11 is 0. The molecule has 0 unspecified atom stereocenters. The monoisotopic (exact) mass is 664 g/mol. The molecule has 0 amide bonds. The van der Waals surface area contributed by atoms with Gasteiger partial charge in [-0.25, -0.2) is 34.6 Å². The number of aryl methyl sites for hydroxylation is 3. The number of fused-ring (bicyclic) bond motifs is 1. The average Bonchev–Trinajstić information content (AvgIpc) is 3.58. The highest BCUT2D eigenvalue weighted by molar-refractivity contribution is 7.92. The van der Waals surface area contributed by atoms with Crippen molar-refractivity contribution in [3.05, 3.63) is 119 Å². The predicted octanol–water partition coefficient (Wildman–Crippen LogP) is 6.87. The van der Waals surface area contributed by atoms with E-state index in [-0.39, 0.29) is 50.5 Å². The van der Waals surface area contributed by atoms with Gasteiger partial charge in [0.15, 0.2) is 27.9 Å². The van der Waals surface area contributed by atoms with Gasteiger partial charge in [-0.15, -0.1) is 0 Å². The van der Waals surface area contributed by atoms with Gasteiger partial charge in [-0.1, -0.05) is 35.5 Å². The van der Waals surface area contributed by atoms with Crippen LogP contribution in [0.5, 0.6) is 11.5 Å². The van der Waals surface area contributed by atoms with Crippen LogP contribution in [-0.2, 0) is 25.8 Å². The van der Waals surface area contributed by atoms with E-state index in [0.29, 0.717) is 28.3 Å². The normalized spacial score (nSPS) is 12.0. The molecule has 6 rings (SSSR count). The van der Waals surface area contributed by atoms with Gasteiger partial charge in [0.25, 0.3) is 10.0 Å². The number of hydrogen-bond acceptors (Lipinski definition) is 8. The first-order chi connectivity index (χ1) is 21.8. The summed E-state index contributed by atoms with van der Waals surface area (Å²) in [5.41, 5.74) is 2.14. The molecule has 0 radical (unpaired) electrons. The molecule has 3 aromatic carbocycles. The Kier molecular flexibility index (Phi) is 7.86. The molecule has 0 fully saturated rings. The van der Waals surface area contributed by atoms with Crippen LogP contribution in [0.25, 0.3) is 22.2 Å². The van der Waals surface area contributed by atoms with Crippen molar-refractivity contribution >= 4 is 36.8 Å². The SMILES string of the molecule is Cc1cc(-c2cc(NS(=O)(=O)c3c(C)noc3C)ccc2Oc2ccc(F)cc2F)c2ccn(S(=O)(=O)Cc3ccccc3)c2n1. The molecule has 1 N–H and O–H groups in total. The Morgan fingerprint density at radius 2 is 1.61 bits per heavy atom. The molecular weight excluding hydrogens is 639 g/mol. The van der Waals surface area contributed by atoms with Gasteiger partial charge in [-0.05, 0) is 74.4 Å². The Bertz CT molecular complexity index is 2320. The Labute approximate surface area is 263 Å². The minimum Gasteiger partial charge on any atom is -0.454 e. The van der Waals surface area contributed by atoms with Gasteiger partial charge in [0.2, 0.25) is 10.0 Å². The predicted molar refractivity (Wildman–Crippen MR) is 168 cm³/mol. The van der Waals surface area contributed by atoms with E-state index in [0.717, 1.165) is 16.1 Å². The van der Waals surface area contributed by atoms with E-state index >= 15 is 0 Å². The second kappa shape index (κ2) is 11.7. The second-order valence-electron chi connectivity index (χ2n) is 10.5. The molecule has 0 bridgehead atoms. The number of sulfonamides is 1. The highest BCUT2D eigenvalue weighted by Gasteiger charge is 2.26. The molecule has 6 aromatic rings. The topological polar surface area (TPSA) is 133 Å². The van der Waals surface area contributed by atoms with Crippen LogP contribution < -0.4 is 9.46 Å². The Hall–Kier alpha value is -5.08. The molecule has 3 heterocycles. The molecule has 0 aliphatic carbocycles. The maximum absolute atomic E-state index is 14.7. The molecule has 3 aromatic heterocycles. The van der Waals surface area contributed by atoms with Gasteiger partial charge in [-0.2, -0.15) is 0 Å². The molecule has 0 atom stereocenters. The van der Waals surface area contributed by atoms with Gasteiger partial charge in [0.05, 0.1) is 5.75 Å². The fourth-order valence-electron chi connectivity index (χ4n) is 5.15. The van der Waals surface area contributed by atoms with Crippen molar-refractivity contribution in [1.29, 1.82) is 0 Å². The van der Waals surface area contributed by atoms with Crippen molar-refractivity contribution in [3.8, 4) is 22.6 Å². The molecule has 0 aliphatic heterocycles. The van der Waals surface area contributed by atoms with E-state index in [4.69, 9.17) is 9.26 Å². The standard InChI is InChI=1S/C32H26F2N4O6S2/c1-19-15-26(25-13-14-38(32(25)35-19)45(39,40)18-22-7-5-4-6-8-22)27-17-24(37-46(41,42)31-20(2)36-44-21(31)3)10-12-29(27)43-30-11-9-23(33)16-28(30)34/h4-17,37H,18H2,1-3H3. The highest BCUT2D eigenvalue weighted by atomic mass is 32.2. The van der Waals surface area contributed by atoms with E-state index < -0.39 is 31.7 Å². The van der Waals surface area contributed by atoms with Crippen molar-refractivity contribution in [1.82, 2.24) is 14.1 Å². The van der Waals surface area contributed by atoms with Crippen LogP contribution in [0, 0.1) is 32.4 Å². The van der Waals surface area contributed by atoms with Crippen LogP contribution >= 0.6 is 0 Å². The number of hydrogen-bond donors (Lipinski definition) is 1. The van der Waals surface area contributed by atoms with Crippen molar-refractivity contribution in [2.75, 3.05) is 4.72 Å². The summed E-state index contributed by atoms with van der Waals surface area (Å²) in [4.78, 5) is 4.39. The Morgan fingerprint density at radius 3 is 2.30 bits per heavy atom. The zero-order chi connectivity index (χ0) is 32.8. The highest BCUT2D eigenvalue weighted by Crippen LogP contribution is 2.41. The van der Waals surface area contributed by atoms with Crippen LogP contribution in [0.3, 0.4) is 0 Å². The lowest BCUT2D eigenvalue weighted by Crippen LogP contribution is -2.15. The van der Waals surface area contributed by atoms with E-state index in [2.05, 4.69) is 14.9 Å². The number of pyridine rings is 1. The number of benzene rings is 3. The first-order valence-corrected chi connectivity index (χ1v) is 16.9. The van der Waals surface area contributed by atoms with Crippen LogP contribution in [0.2, 0.25) is 0 Å². The number of nitrogens with zero attached hydrogens (tertiary/aromatic N) is 3. The zero-order valence-corrected chi connectivity index (χ0v) is 26.3. The summed E-state index contributed by atoms with van der Waals surface area (Å²) in [6.07, 6.45) is 1.39. The van der Waals surface area contributed by atoms with Gasteiger partial charge >= 0.3 is 0 Å². The van der Waals surface area contributed by atoms with Gasteiger partial charge in [-0.3, -0.25) is 4.72 Å². The molecule has 0 saturated carbocycles. The van der Waals surface area contributed by atoms with E-state index in [1.165, 1.54) is 38.2 Å². The lowest BCUT2D eigenvalue weighted by Gasteiger charge is -2.16. The Morgan fingerprint density at radius 1 is 0.870 bits per heavy atom. The first-order valence-electron chi connectivity index (χ1n) is 13.8. The van der Waals surface area contributed by atoms with Gasteiger partial charge < -0.3 is 9.26 Å². The van der Waals surface area contributed by atoms with Crippen LogP contribution in [-0.4, -0.2) is 30.9 Å². The lowest BCUT2D eigenvalue weighted by atomic mass is 10.0. The molecule has 236 valence electrons. The minimum absolute atomic E-state index is 0.0811. The smallest absolute Gasteiger partial charge is 0.267 e. The number of anilines is 1. The molecule has 0 saturated heterocycles. The zero-order valence-electron chi connectivity index (χ0n) is 24.7. The van der Waals surface area contributed by atoms with Crippen LogP contribution in [0.4, 0.5) is 14.5 Å². The molecule has 46 heavy (non-hydrogen) atoms. The van der Waals surface area contributed by atoms with Gasteiger partial charge in [0.1, 0.15) is 17.3 Å². The average molecular weight is 665 g/mol. The van der Waals surface area contributed by atoms with Crippen LogP contribution in [0.1, 0.15) is 22.7 Å². The first kappa shape index (κ1) is 30.9. The molecular formula is C32H26F2N4O6S2. The summed E-state index contributed by atoms with van der Waals surface area (Å²) < 4.78 is 96.6. The summed E-state index contributed by atoms with van der Waals surface area (Å²) in [6.45, 7) is 4.65. The lowest BCUT2D eigenvalue weighted by molar-refractivity contribution is 0.390. The molecule has 0 aliphatic rings. The van der Waals surface area contributed by atoms with E-state index in [1.54, 1.807) is 49.4 Å². The Balaban J connectivity index is 1.50. The summed E-state index contributed by atoms with van der Waals surface area (Å²) in [7, 11) is -8.07. The van der Waals surface area contributed by atoms with Crippen molar-refractivity contribution in [2.24, 2.45) is 0 Å². The second-order valence-corrected chi connectivity index (χ2v) is 14.0. The molecule has 10 nitrogen and oxygen atoms in total. The third kappa shape index (κ3) is 5.96. The quantitative estimate of drug-likeness (QED) is 0.177. The van der Waals surface area contributed by atoms with Crippen molar-refractivity contribution < 1.29 is 34.9 Å². The van der Waals surface area contributed by atoms with Crippen molar-refractivity contribution in [3.63, 3.8) is 0 Å². The molecule has 14 heteroatoms. The van der Waals surface area contributed by atoms with Crippen LogP contribution in [0.15, 0.2) is 94.5 Å². The minimum atomic E-state index is -4.15. The summed E-state index contributed by atoms with van der Waals surface area (Å²) in [5.74, 6) is -2.13. The van der Waals surface area contributed by atoms with Crippen molar-refractivity contribution in [2.45, 2.75) is 31.4 Å². The number of nitrogens with one attached hydrogen (secondary N) is 1. The number of halogens is 2.